The maximum absolute atomic E-state index is 5.86. The number of ether oxygens (including phenoxy) is 2. The van der Waals surface area contributed by atoms with Gasteiger partial charge in [0.05, 0.1) is 19.8 Å². The third-order valence-electron chi connectivity index (χ3n) is 4.23. The van der Waals surface area contributed by atoms with Gasteiger partial charge in [0.25, 0.3) is 0 Å². The predicted molar refractivity (Wildman–Crippen MR) is 71.9 cm³/mol. The molecule has 4 heteroatoms. The van der Waals surface area contributed by atoms with E-state index in [4.69, 9.17) is 13.9 Å². The van der Waals surface area contributed by atoms with E-state index in [-0.39, 0.29) is 5.79 Å². The highest BCUT2D eigenvalue weighted by atomic mass is 16.7. The first kappa shape index (κ1) is 13.2. The van der Waals surface area contributed by atoms with E-state index in [1.165, 1.54) is 5.56 Å². The Morgan fingerprint density at radius 3 is 2.42 bits per heavy atom. The lowest BCUT2D eigenvalue weighted by Crippen LogP contribution is -2.49. The van der Waals surface area contributed by atoms with Crippen LogP contribution in [0.2, 0.25) is 0 Å². The van der Waals surface area contributed by atoms with Crippen LogP contribution in [0.1, 0.15) is 36.3 Å². The molecule has 106 valence electrons. The van der Waals surface area contributed by atoms with Crippen LogP contribution < -0.4 is 0 Å². The van der Waals surface area contributed by atoms with Crippen molar-refractivity contribution in [1.29, 1.82) is 0 Å². The van der Waals surface area contributed by atoms with E-state index < -0.39 is 0 Å². The lowest BCUT2D eigenvalue weighted by Gasteiger charge is -2.43. The van der Waals surface area contributed by atoms with Gasteiger partial charge in [-0.25, -0.2) is 0 Å². The Morgan fingerprint density at radius 2 is 1.84 bits per heavy atom. The van der Waals surface area contributed by atoms with Crippen LogP contribution in [0, 0.1) is 13.8 Å². The molecule has 0 aliphatic carbocycles. The van der Waals surface area contributed by atoms with Crippen molar-refractivity contribution in [1.82, 2.24) is 4.90 Å². The Bertz CT molecular complexity index is 405. The zero-order chi connectivity index (χ0) is 13.3. The molecule has 3 rings (SSSR count). The third-order valence-corrected chi connectivity index (χ3v) is 4.23. The number of likely N-dealkylation sites (tertiary alicyclic amines) is 1. The van der Waals surface area contributed by atoms with Gasteiger partial charge in [0.15, 0.2) is 5.79 Å². The Kier molecular flexibility index (Phi) is 3.65. The van der Waals surface area contributed by atoms with E-state index in [0.717, 1.165) is 63.6 Å². The Hall–Kier alpha value is -0.840. The van der Waals surface area contributed by atoms with Gasteiger partial charge in [0.1, 0.15) is 11.5 Å². The number of hydrogen-bond acceptors (Lipinski definition) is 4. The van der Waals surface area contributed by atoms with E-state index in [1.54, 1.807) is 0 Å². The van der Waals surface area contributed by atoms with E-state index in [9.17, 15) is 0 Å². The molecule has 0 aromatic carbocycles. The number of furan rings is 1. The van der Waals surface area contributed by atoms with Crippen molar-refractivity contribution in [2.24, 2.45) is 0 Å². The van der Waals surface area contributed by atoms with Crippen LogP contribution in [0.5, 0.6) is 0 Å². The van der Waals surface area contributed by atoms with Crippen molar-refractivity contribution in [2.45, 2.75) is 45.4 Å². The first-order valence-electron chi connectivity index (χ1n) is 7.23. The second-order valence-electron chi connectivity index (χ2n) is 5.69. The topological polar surface area (TPSA) is 34.8 Å². The van der Waals surface area contributed by atoms with E-state index >= 15 is 0 Å². The molecular formula is C15H23NO3. The van der Waals surface area contributed by atoms with Gasteiger partial charge in [-0.3, -0.25) is 4.90 Å². The summed E-state index contributed by atoms with van der Waals surface area (Å²) in [6.07, 6.45) is 2.95. The summed E-state index contributed by atoms with van der Waals surface area (Å²) in [4.78, 5) is 2.42. The molecule has 0 unspecified atom stereocenters. The highest BCUT2D eigenvalue weighted by Gasteiger charge is 2.38. The number of nitrogens with zero attached hydrogens (tertiary/aromatic N) is 1. The van der Waals surface area contributed by atoms with Gasteiger partial charge in [-0.1, -0.05) is 0 Å². The molecule has 0 N–H and O–H groups in total. The lowest BCUT2D eigenvalue weighted by atomic mass is 10.0. The number of hydrogen-bond donors (Lipinski definition) is 0. The fraction of sp³-hybridized carbons (Fsp3) is 0.733. The molecule has 4 nitrogen and oxygen atoms in total. The van der Waals surface area contributed by atoms with E-state index in [0.29, 0.717) is 0 Å². The monoisotopic (exact) mass is 265 g/mol. The molecule has 2 aliphatic heterocycles. The maximum Gasteiger partial charge on any atom is 0.170 e. The molecule has 19 heavy (non-hydrogen) atoms. The zero-order valence-electron chi connectivity index (χ0n) is 11.9. The quantitative estimate of drug-likeness (QED) is 0.823. The van der Waals surface area contributed by atoms with Crippen molar-refractivity contribution in [3.8, 4) is 0 Å². The van der Waals surface area contributed by atoms with Gasteiger partial charge in [-0.2, -0.15) is 0 Å². The Labute approximate surface area is 114 Å². The van der Waals surface area contributed by atoms with Crippen LogP contribution in [0.3, 0.4) is 0 Å². The minimum Gasteiger partial charge on any atom is -0.465 e. The molecule has 2 fully saturated rings. The van der Waals surface area contributed by atoms with Gasteiger partial charge in [-0.15, -0.1) is 0 Å². The second-order valence-corrected chi connectivity index (χ2v) is 5.69. The standard InChI is InChI=1S/C15H23NO3/c1-12-10-14(19-13(12)2)11-16-6-4-15(5-7-16)17-8-3-9-18-15/h10H,3-9,11H2,1-2H3. The van der Waals surface area contributed by atoms with Crippen molar-refractivity contribution in [3.05, 3.63) is 23.2 Å². The number of rotatable bonds is 2. The summed E-state index contributed by atoms with van der Waals surface area (Å²) in [5.74, 6) is 1.81. The van der Waals surface area contributed by atoms with Gasteiger partial charge in [0, 0.05) is 25.9 Å². The predicted octanol–water partition coefficient (Wildman–Crippen LogP) is 2.63. The van der Waals surface area contributed by atoms with Gasteiger partial charge in [-0.05, 0) is 31.9 Å². The summed E-state index contributed by atoms with van der Waals surface area (Å²) < 4.78 is 17.5. The summed E-state index contributed by atoms with van der Waals surface area (Å²) in [6.45, 7) is 8.72. The van der Waals surface area contributed by atoms with Gasteiger partial charge >= 0.3 is 0 Å². The van der Waals surface area contributed by atoms with E-state index in [2.05, 4.69) is 17.9 Å². The molecule has 0 atom stereocenters. The molecule has 1 aromatic heterocycles. The van der Waals surface area contributed by atoms with Crippen molar-refractivity contribution >= 4 is 0 Å². The van der Waals surface area contributed by atoms with Crippen LogP contribution >= 0.6 is 0 Å². The first-order chi connectivity index (χ1) is 9.17. The molecular weight excluding hydrogens is 242 g/mol. The number of aryl methyl sites for hydroxylation is 2. The lowest BCUT2D eigenvalue weighted by molar-refractivity contribution is -0.284. The fourth-order valence-corrected chi connectivity index (χ4v) is 2.91. The maximum atomic E-state index is 5.86. The molecule has 2 aliphatic rings. The molecule has 0 radical (unpaired) electrons. The summed E-state index contributed by atoms with van der Waals surface area (Å²) in [7, 11) is 0. The minimum absolute atomic E-state index is 0.288. The Morgan fingerprint density at radius 1 is 1.16 bits per heavy atom. The van der Waals surface area contributed by atoms with E-state index in [1.807, 2.05) is 6.92 Å². The molecule has 1 spiro atoms. The molecule has 0 amide bonds. The zero-order valence-corrected chi connectivity index (χ0v) is 11.9. The minimum atomic E-state index is -0.288. The molecule has 1 aromatic rings. The summed E-state index contributed by atoms with van der Waals surface area (Å²) >= 11 is 0. The summed E-state index contributed by atoms with van der Waals surface area (Å²) in [6, 6.07) is 2.15. The van der Waals surface area contributed by atoms with Crippen molar-refractivity contribution < 1.29 is 13.9 Å². The average Bonchev–Trinajstić information content (AvgIpc) is 2.73. The third kappa shape index (κ3) is 2.86. The SMILES string of the molecule is Cc1cc(CN2CCC3(CC2)OCCCO3)oc1C. The normalized spacial score (nSPS) is 23.9. The fourth-order valence-electron chi connectivity index (χ4n) is 2.91. The van der Waals surface area contributed by atoms with Crippen molar-refractivity contribution in [3.63, 3.8) is 0 Å². The summed E-state index contributed by atoms with van der Waals surface area (Å²) in [5, 5.41) is 0. The highest BCUT2D eigenvalue weighted by molar-refractivity contribution is 5.18. The van der Waals surface area contributed by atoms with Crippen LogP contribution in [-0.4, -0.2) is 37.0 Å². The molecule has 2 saturated heterocycles. The molecule has 3 heterocycles. The summed E-state index contributed by atoms with van der Waals surface area (Å²) in [5.41, 5.74) is 1.24. The van der Waals surface area contributed by atoms with Crippen LogP contribution in [0.4, 0.5) is 0 Å². The molecule has 0 saturated carbocycles. The van der Waals surface area contributed by atoms with Gasteiger partial charge < -0.3 is 13.9 Å². The van der Waals surface area contributed by atoms with Crippen LogP contribution in [0.15, 0.2) is 10.5 Å². The van der Waals surface area contributed by atoms with Crippen LogP contribution in [-0.2, 0) is 16.0 Å². The second kappa shape index (κ2) is 5.27. The molecule has 0 bridgehead atoms. The average molecular weight is 265 g/mol. The largest absolute Gasteiger partial charge is 0.465 e. The smallest absolute Gasteiger partial charge is 0.170 e. The van der Waals surface area contributed by atoms with Gasteiger partial charge in [0.2, 0.25) is 0 Å². The number of piperidine rings is 1. The highest BCUT2D eigenvalue weighted by Crippen LogP contribution is 2.31. The van der Waals surface area contributed by atoms with Crippen LogP contribution in [0.25, 0.3) is 0 Å². The first-order valence-corrected chi connectivity index (χ1v) is 7.23. The Balaban J connectivity index is 1.55. The van der Waals surface area contributed by atoms with Crippen molar-refractivity contribution in [2.75, 3.05) is 26.3 Å².